The maximum Gasteiger partial charge on any atom is 0.130 e. The fourth-order valence-electron chi connectivity index (χ4n) is 0.672. The number of terminal acetylenes is 1. The third-order valence-electron chi connectivity index (χ3n) is 1.11. The van der Waals surface area contributed by atoms with Gasteiger partial charge in [-0.3, -0.25) is 0 Å². The van der Waals surface area contributed by atoms with E-state index in [2.05, 4.69) is 11.2 Å². The van der Waals surface area contributed by atoms with Gasteiger partial charge in [0.1, 0.15) is 6.10 Å². The van der Waals surface area contributed by atoms with E-state index in [0.29, 0.717) is 0 Å². The molecule has 1 unspecified atom stereocenters. The molecule has 0 spiro atoms. The molecule has 1 atom stereocenters. The molecule has 1 fully saturated rings. The van der Waals surface area contributed by atoms with E-state index in [1.807, 2.05) is 0 Å². The van der Waals surface area contributed by atoms with Crippen LogP contribution < -0.4 is 5.32 Å². The van der Waals surface area contributed by atoms with Crippen LogP contribution in [0.4, 0.5) is 0 Å². The molecule has 0 aromatic rings. The minimum Gasteiger partial charge on any atom is -0.363 e. The van der Waals surface area contributed by atoms with Crippen molar-refractivity contribution in [1.82, 2.24) is 5.32 Å². The Kier molecular flexibility index (Phi) is 1.90. The second kappa shape index (κ2) is 2.71. The zero-order valence-corrected chi connectivity index (χ0v) is 4.68. The molecule has 0 aromatic heterocycles. The van der Waals surface area contributed by atoms with Crippen LogP contribution in [0.15, 0.2) is 0 Å². The van der Waals surface area contributed by atoms with E-state index in [0.717, 1.165) is 19.7 Å². The summed E-state index contributed by atoms with van der Waals surface area (Å²) in [6.07, 6.45) is 5.09. The molecule has 1 heterocycles. The number of morpholine rings is 1. The van der Waals surface area contributed by atoms with Crippen LogP contribution in [0.25, 0.3) is 0 Å². The van der Waals surface area contributed by atoms with Gasteiger partial charge in [0.05, 0.1) is 6.61 Å². The van der Waals surface area contributed by atoms with Crippen LogP contribution in [-0.2, 0) is 4.74 Å². The Hall–Kier alpha value is -0.520. The van der Waals surface area contributed by atoms with Crippen LogP contribution in [0.3, 0.4) is 0 Å². The predicted molar refractivity (Wildman–Crippen MR) is 31.4 cm³/mol. The normalized spacial score (nSPS) is 29.1. The van der Waals surface area contributed by atoms with Crippen LogP contribution in [0.5, 0.6) is 0 Å². The molecular weight excluding hydrogens is 102 g/mol. The van der Waals surface area contributed by atoms with E-state index in [1.165, 1.54) is 0 Å². The standard InChI is InChI=1S/C6H9NO/c1-2-6-5-7-3-4-8-6/h1,6-7H,3-5H2. The molecule has 1 N–H and O–H groups in total. The van der Waals surface area contributed by atoms with E-state index >= 15 is 0 Å². The molecular formula is C6H9NO. The third-order valence-corrected chi connectivity index (χ3v) is 1.11. The Bertz CT molecular complexity index is 99.6. The fourth-order valence-corrected chi connectivity index (χ4v) is 0.672. The molecule has 1 saturated heterocycles. The highest BCUT2D eigenvalue weighted by Gasteiger charge is 2.07. The highest BCUT2D eigenvalue weighted by molar-refractivity contribution is 4.96. The first-order valence-corrected chi connectivity index (χ1v) is 2.72. The molecule has 2 nitrogen and oxygen atoms in total. The van der Waals surface area contributed by atoms with Crippen LogP contribution >= 0.6 is 0 Å². The summed E-state index contributed by atoms with van der Waals surface area (Å²) in [5.74, 6) is 2.52. The number of rotatable bonds is 0. The minimum absolute atomic E-state index is 0.00347. The van der Waals surface area contributed by atoms with E-state index in [-0.39, 0.29) is 6.10 Å². The smallest absolute Gasteiger partial charge is 0.130 e. The molecule has 1 aliphatic rings. The lowest BCUT2D eigenvalue weighted by molar-refractivity contribution is 0.0652. The fraction of sp³-hybridized carbons (Fsp3) is 0.667. The molecule has 8 heavy (non-hydrogen) atoms. The first-order valence-electron chi connectivity index (χ1n) is 2.72. The Labute approximate surface area is 49.2 Å². The maximum absolute atomic E-state index is 5.13. The number of hydrogen-bond acceptors (Lipinski definition) is 2. The van der Waals surface area contributed by atoms with Crippen molar-refractivity contribution in [3.8, 4) is 12.3 Å². The zero-order chi connectivity index (χ0) is 5.82. The topological polar surface area (TPSA) is 21.3 Å². The molecule has 1 rings (SSSR count). The van der Waals surface area contributed by atoms with Crippen molar-refractivity contribution in [1.29, 1.82) is 0 Å². The van der Waals surface area contributed by atoms with E-state index in [1.54, 1.807) is 0 Å². The van der Waals surface area contributed by atoms with Crippen molar-refractivity contribution in [2.45, 2.75) is 6.10 Å². The molecule has 0 aromatic carbocycles. The number of ether oxygens (including phenoxy) is 1. The van der Waals surface area contributed by atoms with E-state index in [9.17, 15) is 0 Å². The average Bonchev–Trinajstić information content (AvgIpc) is 1.90. The van der Waals surface area contributed by atoms with Crippen molar-refractivity contribution in [2.24, 2.45) is 0 Å². The van der Waals surface area contributed by atoms with Gasteiger partial charge in [0.2, 0.25) is 0 Å². The summed E-state index contributed by atoms with van der Waals surface area (Å²) in [6.45, 7) is 2.48. The maximum atomic E-state index is 5.13. The highest BCUT2D eigenvalue weighted by Crippen LogP contribution is 1.91. The Morgan fingerprint density at radius 2 is 2.62 bits per heavy atom. The van der Waals surface area contributed by atoms with Gasteiger partial charge < -0.3 is 10.1 Å². The van der Waals surface area contributed by atoms with Gasteiger partial charge >= 0.3 is 0 Å². The summed E-state index contributed by atoms with van der Waals surface area (Å²) in [7, 11) is 0. The van der Waals surface area contributed by atoms with Gasteiger partial charge in [-0.25, -0.2) is 0 Å². The summed E-state index contributed by atoms with van der Waals surface area (Å²) in [6, 6.07) is 0. The van der Waals surface area contributed by atoms with E-state index < -0.39 is 0 Å². The monoisotopic (exact) mass is 111 g/mol. The lowest BCUT2D eigenvalue weighted by Crippen LogP contribution is -2.37. The largest absolute Gasteiger partial charge is 0.363 e. The molecule has 0 radical (unpaired) electrons. The van der Waals surface area contributed by atoms with Crippen LogP contribution in [-0.4, -0.2) is 25.8 Å². The third kappa shape index (κ3) is 1.22. The van der Waals surface area contributed by atoms with Gasteiger partial charge in [-0.05, 0) is 0 Å². The van der Waals surface area contributed by atoms with E-state index in [4.69, 9.17) is 11.2 Å². The van der Waals surface area contributed by atoms with Gasteiger partial charge in [0.25, 0.3) is 0 Å². The van der Waals surface area contributed by atoms with Gasteiger partial charge in [0, 0.05) is 13.1 Å². The average molecular weight is 111 g/mol. The SMILES string of the molecule is C#CC1CNCCO1. The Morgan fingerprint density at radius 1 is 1.75 bits per heavy atom. The van der Waals surface area contributed by atoms with Crippen molar-refractivity contribution in [2.75, 3.05) is 19.7 Å². The van der Waals surface area contributed by atoms with Crippen LogP contribution in [0.1, 0.15) is 0 Å². The van der Waals surface area contributed by atoms with Crippen molar-refractivity contribution >= 4 is 0 Å². The summed E-state index contributed by atoms with van der Waals surface area (Å²) in [5, 5.41) is 3.12. The van der Waals surface area contributed by atoms with Crippen LogP contribution in [0, 0.1) is 12.3 Å². The first-order chi connectivity index (χ1) is 3.93. The van der Waals surface area contributed by atoms with Gasteiger partial charge in [-0.2, -0.15) is 0 Å². The second-order valence-corrected chi connectivity index (χ2v) is 1.73. The number of hydrogen-bond donors (Lipinski definition) is 1. The molecule has 44 valence electrons. The summed E-state index contributed by atoms with van der Waals surface area (Å²) >= 11 is 0. The lowest BCUT2D eigenvalue weighted by atomic mass is 10.3. The Balaban J connectivity index is 2.25. The van der Waals surface area contributed by atoms with Gasteiger partial charge in [-0.1, -0.05) is 5.92 Å². The number of nitrogens with one attached hydrogen (secondary N) is 1. The molecule has 0 saturated carbocycles. The highest BCUT2D eigenvalue weighted by atomic mass is 16.5. The van der Waals surface area contributed by atoms with Crippen molar-refractivity contribution in [3.63, 3.8) is 0 Å². The minimum atomic E-state index is 0.00347. The zero-order valence-electron chi connectivity index (χ0n) is 4.68. The molecule has 0 bridgehead atoms. The second-order valence-electron chi connectivity index (χ2n) is 1.73. The van der Waals surface area contributed by atoms with Crippen molar-refractivity contribution in [3.05, 3.63) is 0 Å². The molecule has 0 aliphatic carbocycles. The van der Waals surface area contributed by atoms with Gasteiger partial charge in [0.15, 0.2) is 0 Å². The molecule has 0 amide bonds. The predicted octanol–water partition coefficient (Wildman–Crippen LogP) is -0.392. The molecule has 2 heteroatoms. The molecule has 1 aliphatic heterocycles. The van der Waals surface area contributed by atoms with Crippen molar-refractivity contribution < 1.29 is 4.74 Å². The lowest BCUT2D eigenvalue weighted by Gasteiger charge is -2.18. The van der Waals surface area contributed by atoms with Gasteiger partial charge in [-0.15, -0.1) is 6.42 Å². The van der Waals surface area contributed by atoms with Crippen LogP contribution in [0.2, 0.25) is 0 Å². The quantitative estimate of drug-likeness (QED) is 0.430. The summed E-state index contributed by atoms with van der Waals surface area (Å²) < 4.78 is 5.13. The Morgan fingerprint density at radius 3 is 3.00 bits per heavy atom. The first kappa shape index (κ1) is 5.61. The summed E-state index contributed by atoms with van der Waals surface area (Å²) in [4.78, 5) is 0. The summed E-state index contributed by atoms with van der Waals surface area (Å²) in [5.41, 5.74) is 0.